The van der Waals surface area contributed by atoms with Crippen molar-refractivity contribution in [1.82, 2.24) is 15.2 Å². The minimum absolute atomic E-state index is 0.561. The average Bonchev–Trinajstić information content (AvgIpc) is 2.48. The van der Waals surface area contributed by atoms with Gasteiger partial charge < -0.3 is 5.32 Å². The molecule has 21 heavy (non-hydrogen) atoms. The summed E-state index contributed by atoms with van der Waals surface area (Å²) in [6.45, 7) is 12.3. The smallest absolute Gasteiger partial charge is 0.0634 e. The summed E-state index contributed by atoms with van der Waals surface area (Å²) in [7, 11) is 0. The predicted octanol–water partition coefficient (Wildman–Crippen LogP) is 3.58. The van der Waals surface area contributed by atoms with Crippen LogP contribution in [0.1, 0.15) is 39.7 Å². The van der Waals surface area contributed by atoms with Gasteiger partial charge in [0.1, 0.15) is 0 Å². The summed E-state index contributed by atoms with van der Waals surface area (Å²) in [6, 6.07) is 3.18. The lowest BCUT2D eigenvalue weighted by atomic mass is 9.91. The molecule has 0 spiro atoms. The number of rotatable bonds is 5. The number of pyridine rings is 1. The Balaban J connectivity index is 2.15. The third-order valence-electron chi connectivity index (χ3n) is 4.82. The molecular formula is C17H28ClN3. The van der Waals surface area contributed by atoms with Gasteiger partial charge in [0.25, 0.3) is 0 Å². The summed E-state index contributed by atoms with van der Waals surface area (Å²) >= 11 is 6.30. The maximum atomic E-state index is 6.30. The van der Waals surface area contributed by atoms with Crippen molar-refractivity contribution < 1.29 is 0 Å². The van der Waals surface area contributed by atoms with Crippen molar-refractivity contribution in [2.75, 3.05) is 13.1 Å². The normalized spacial score (nSPS) is 25.2. The van der Waals surface area contributed by atoms with Crippen LogP contribution in [0.25, 0.3) is 0 Å². The Bertz CT molecular complexity index is 449. The molecule has 3 atom stereocenters. The molecule has 1 N–H and O–H groups in total. The Kier molecular flexibility index (Phi) is 6.03. The Hall–Kier alpha value is -0.640. The highest BCUT2D eigenvalue weighted by molar-refractivity contribution is 6.31. The Labute approximate surface area is 134 Å². The molecule has 0 amide bonds. The van der Waals surface area contributed by atoms with Crippen molar-refractivity contribution in [1.29, 1.82) is 0 Å². The maximum Gasteiger partial charge on any atom is 0.0634 e. The molecule has 0 saturated carbocycles. The molecule has 1 aliphatic heterocycles. The molecule has 0 bridgehead atoms. The van der Waals surface area contributed by atoms with E-state index in [-0.39, 0.29) is 0 Å². The number of piperazine rings is 1. The quantitative estimate of drug-likeness (QED) is 0.901. The van der Waals surface area contributed by atoms with Gasteiger partial charge >= 0.3 is 0 Å². The predicted molar refractivity (Wildman–Crippen MR) is 89.5 cm³/mol. The van der Waals surface area contributed by atoms with Gasteiger partial charge in [0.2, 0.25) is 0 Å². The van der Waals surface area contributed by atoms with Gasteiger partial charge in [0.15, 0.2) is 0 Å². The van der Waals surface area contributed by atoms with Gasteiger partial charge in [-0.15, -0.1) is 0 Å². The summed E-state index contributed by atoms with van der Waals surface area (Å²) in [5.74, 6) is 1.34. The molecule has 3 unspecified atom stereocenters. The van der Waals surface area contributed by atoms with Gasteiger partial charge in [-0.25, -0.2) is 0 Å². The molecule has 0 aliphatic carbocycles. The zero-order valence-corrected chi connectivity index (χ0v) is 14.4. The maximum absolute atomic E-state index is 6.30. The van der Waals surface area contributed by atoms with Gasteiger partial charge in [0, 0.05) is 44.1 Å². The lowest BCUT2D eigenvalue weighted by molar-refractivity contribution is 0.0722. The largest absolute Gasteiger partial charge is 0.311 e. The fourth-order valence-electron chi connectivity index (χ4n) is 3.07. The lowest BCUT2D eigenvalue weighted by Gasteiger charge is -2.44. The minimum Gasteiger partial charge on any atom is -0.311 e. The highest BCUT2D eigenvalue weighted by atomic mass is 35.5. The average molecular weight is 310 g/mol. The van der Waals surface area contributed by atoms with E-state index >= 15 is 0 Å². The van der Waals surface area contributed by atoms with Crippen molar-refractivity contribution in [3.8, 4) is 0 Å². The molecule has 3 nitrogen and oxygen atoms in total. The lowest BCUT2D eigenvalue weighted by Crippen LogP contribution is -2.59. The van der Waals surface area contributed by atoms with E-state index < -0.39 is 0 Å². The number of hydrogen-bond acceptors (Lipinski definition) is 3. The molecule has 1 saturated heterocycles. The molecule has 1 aromatic rings. The Morgan fingerprint density at radius 3 is 2.81 bits per heavy atom. The monoisotopic (exact) mass is 309 g/mol. The molecular weight excluding hydrogens is 282 g/mol. The number of nitrogens with zero attached hydrogens (tertiary/aromatic N) is 2. The third-order valence-corrected chi connectivity index (χ3v) is 5.17. The fraction of sp³-hybridized carbons (Fsp3) is 0.706. The fourth-order valence-corrected chi connectivity index (χ4v) is 3.25. The van der Waals surface area contributed by atoms with Gasteiger partial charge in [-0.3, -0.25) is 9.88 Å². The molecule has 118 valence electrons. The standard InChI is InChI=1S/C17H28ClN3/c1-5-13(4)17-9-20-16(12(2)3)11-21(17)10-14-6-7-19-8-15(14)18/h6-8,12-13,16-17,20H,5,9-11H2,1-4H3. The topological polar surface area (TPSA) is 28.2 Å². The second-order valence-corrected chi connectivity index (χ2v) is 7.02. The van der Waals surface area contributed by atoms with E-state index in [2.05, 4.69) is 42.9 Å². The van der Waals surface area contributed by atoms with Crippen molar-refractivity contribution in [3.05, 3.63) is 29.0 Å². The van der Waals surface area contributed by atoms with E-state index in [1.807, 2.05) is 12.3 Å². The molecule has 1 fully saturated rings. The molecule has 1 aliphatic rings. The number of halogens is 1. The zero-order valence-electron chi connectivity index (χ0n) is 13.6. The molecule has 2 rings (SSSR count). The van der Waals surface area contributed by atoms with Crippen LogP contribution < -0.4 is 5.32 Å². The number of hydrogen-bond donors (Lipinski definition) is 1. The van der Waals surface area contributed by atoms with Gasteiger partial charge in [-0.1, -0.05) is 45.7 Å². The summed E-state index contributed by atoms with van der Waals surface area (Å²) in [6.07, 6.45) is 4.79. The third kappa shape index (κ3) is 4.18. The SMILES string of the molecule is CCC(C)C1CNC(C(C)C)CN1Cc1ccncc1Cl. The van der Waals surface area contributed by atoms with E-state index in [9.17, 15) is 0 Å². The Morgan fingerprint density at radius 2 is 2.19 bits per heavy atom. The summed E-state index contributed by atoms with van der Waals surface area (Å²) in [4.78, 5) is 6.70. The molecule has 2 heterocycles. The molecule has 4 heteroatoms. The van der Waals surface area contributed by atoms with Gasteiger partial charge in [-0.05, 0) is 23.5 Å². The van der Waals surface area contributed by atoms with Gasteiger partial charge in [0.05, 0.1) is 5.02 Å². The first-order valence-electron chi connectivity index (χ1n) is 8.08. The molecule has 0 radical (unpaired) electrons. The van der Waals surface area contributed by atoms with Crippen molar-refractivity contribution in [2.45, 2.75) is 52.7 Å². The number of aromatic nitrogens is 1. The van der Waals surface area contributed by atoms with Crippen LogP contribution in [0.5, 0.6) is 0 Å². The Morgan fingerprint density at radius 1 is 1.43 bits per heavy atom. The van der Waals surface area contributed by atoms with E-state index in [4.69, 9.17) is 11.6 Å². The summed E-state index contributed by atoms with van der Waals surface area (Å²) in [5, 5.41) is 4.51. The van der Waals surface area contributed by atoms with Crippen LogP contribution in [0.2, 0.25) is 5.02 Å². The van der Waals surface area contributed by atoms with Crippen LogP contribution in [-0.4, -0.2) is 35.1 Å². The highest BCUT2D eigenvalue weighted by Crippen LogP contribution is 2.24. The number of nitrogens with one attached hydrogen (secondary N) is 1. The first-order valence-corrected chi connectivity index (χ1v) is 8.46. The van der Waals surface area contributed by atoms with Gasteiger partial charge in [-0.2, -0.15) is 0 Å². The van der Waals surface area contributed by atoms with Crippen molar-refractivity contribution in [3.63, 3.8) is 0 Å². The van der Waals surface area contributed by atoms with Crippen LogP contribution >= 0.6 is 11.6 Å². The molecule has 0 aromatic carbocycles. The van der Waals surface area contributed by atoms with Crippen molar-refractivity contribution in [2.24, 2.45) is 11.8 Å². The summed E-state index contributed by atoms with van der Waals surface area (Å²) < 4.78 is 0. The second-order valence-electron chi connectivity index (χ2n) is 6.61. The summed E-state index contributed by atoms with van der Waals surface area (Å²) in [5.41, 5.74) is 1.18. The molecule has 1 aromatic heterocycles. The van der Waals surface area contributed by atoms with Crippen LogP contribution in [0.3, 0.4) is 0 Å². The zero-order chi connectivity index (χ0) is 15.4. The van der Waals surface area contributed by atoms with Crippen molar-refractivity contribution >= 4 is 11.6 Å². The van der Waals surface area contributed by atoms with Crippen LogP contribution in [0.4, 0.5) is 0 Å². The minimum atomic E-state index is 0.561. The van der Waals surface area contributed by atoms with Crippen LogP contribution in [0.15, 0.2) is 18.5 Å². The van der Waals surface area contributed by atoms with Crippen LogP contribution in [-0.2, 0) is 6.54 Å². The van der Waals surface area contributed by atoms with E-state index in [1.165, 1.54) is 12.0 Å². The van der Waals surface area contributed by atoms with E-state index in [0.29, 0.717) is 23.9 Å². The van der Waals surface area contributed by atoms with E-state index in [1.54, 1.807) is 6.20 Å². The first-order chi connectivity index (χ1) is 10.0. The second kappa shape index (κ2) is 7.57. The highest BCUT2D eigenvalue weighted by Gasteiger charge is 2.32. The van der Waals surface area contributed by atoms with E-state index in [0.717, 1.165) is 24.7 Å². The first kappa shape index (κ1) is 16.7. The van der Waals surface area contributed by atoms with Crippen LogP contribution in [0, 0.1) is 11.8 Å².